The van der Waals surface area contributed by atoms with Gasteiger partial charge in [0.1, 0.15) is 30.7 Å². The van der Waals surface area contributed by atoms with Crippen LogP contribution in [0.5, 0.6) is 11.5 Å². The third-order valence-electron chi connectivity index (χ3n) is 8.93. The molecule has 0 spiro atoms. The molecule has 3 heterocycles. The fraction of sp³-hybridized carbons (Fsp3) is 0.243. The quantitative estimate of drug-likeness (QED) is 0.202. The van der Waals surface area contributed by atoms with Crippen LogP contribution in [0.3, 0.4) is 0 Å². The first-order valence-corrected chi connectivity index (χ1v) is 16.1. The van der Waals surface area contributed by atoms with E-state index < -0.39 is 17.8 Å². The van der Waals surface area contributed by atoms with Gasteiger partial charge in [-0.2, -0.15) is 0 Å². The van der Waals surface area contributed by atoms with E-state index in [4.69, 9.17) is 9.47 Å². The number of aromatic nitrogens is 2. The highest BCUT2D eigenvalue weighted by atomic mass is 19.1. The number of nitrogens with one attached hydrogen (secondary N) is 2. The molecule has 1 fully saturated rings. The second-order valence-electron chi connectivity index (χ2n) is 12.1. The van der Waals surface area contributed by atoms with Crippen molar-refractivity contribution >= 4 is 39.9 Å². The zero-order valence-electron chi connectivity index (χ0n) is 27.2. The van der Waals surface area contributed by atoms with Crippen molar-refractivity contribution in [2.24, 2.45) is 0 Å². The normalized spacial score (nSPS) is 15.6. The number of anilines is 3. The number of ether oxygens (including phenoxy) is 2. The maximum absolute atomic E-state index is 15.6. The molecule has 1 unspecified atom stereocenters. The summed E-state index contributed by atoms with van der Waals surface area (Å²) in [6.07, 6.45) is 1.39. The SMILES string of the molecule is COc1cc2ncnc(Nc3ccc(NC(=O)C(c4ccccc4)N4Cc5ccccc5C4=O)cc3F)c2cc1OCN1CCN(C)CC1. The lowest BCUT2D eigenvalue weighted by atomic mass is 10.0. The molecular formula is C37H36FN7O4. The number of hydrogen-bond acceptors (Lipinski definition) is 9. The summed E-state index contributed by atoms with van der Waals surface area (Å²) in [5, 5.41) is 6.52. The van der Waals surface area contributed by atoms with Crippen LogP contribution < -0.4 is 20.1 Å². The van der Waals surface area contributed by atoms with Crippen LogP contribution in [0.15, 0.2) is 91.3 Å². The Hall–Kier alpha value is -5.59. The molecule has 49 heavy (non-hydrogen) atoms. The largest absolute Gasteiger partial charge is 0.493 e. The van der Waals surface area contributed by atoms with Crippen molar-refractivity contribution in [1.82, 2.24) is 24.7 Å². The summed E-state index contributed by atoms with van der Waals surface area (Å²) in [5.74, 6) is 0.151. The molecule has 0 aliphatic carbocycles. The smallest absolute Gasteiger partial charge is 0.255 e. The lowest BCUT2D eigenvalue weighted by Gasteiger charge is -2.32. The molecule has 1 atom stereocenters. The Kier molecular flexibility index (Phi) is 9.05. The first-order valence-electron chi connectivity index (χ1n) is 16.1. The minimum absolute atomic E-state index is 0.151. The monoisotopic (exact) mass is 661 g/mol. The summed E-state index contributed by atoms with van der Waals surface area (Å²) < 4.78 is 27.4. The first-order chi connectivity index (χ1) is 23.9. The van der Waals surface area contributed by atoms with E-state index in [1.807, 2.05) is 30.3 Å². The van der Waals surface area contributed by atoms with E-state index in [9.17, 15) is 9.59 Å². The number of halogens is 1. The fourth-order valence-corrected chi connectivity index (χ4v) is 6.20. The third kappa shape index (κ3) is 6.73. The van der Waals surface area contributed by atoms with Crippen LogP contribution in [-0.2, 0) is 11.3 Å². The number of fused-ring (bicyclic) bond motifs is 2. The Balaban J connectivity index is 1.10. The van der Waals surface area contributed by atoms with Gasteiger partial charge in [-0.3, -0.25) is 14.5 Å². The molecule has 4 aromatic carbocycles. The Morgan fingerprint density at radius 1 is 0.939 bits per heavy atom. The van der Waals surface area contributed by atoms with Gasteiger partial charge >= 0.3 is 0 Å². The second-order valence-corrected chi connectivity index (χ2v) is 12.1. The number of carbonyl (C=O) groups excluding carboxylic acids is 2. The van der Waals surface area contributed by atoms with Crippen LogP contribution in [0.25, 0.3) is 10.9 Å². The number of amides is 2. The van der Waals surface area contributed by atoms with Gasteiger partial charge in [-0.25, -0.2) is 14.4 Å². The molecule has 12 heteroatoms. The molecule has 0 bridgehead atoms. The van der Waals surface area contributed by atoms with Gasteiger partial charge in [-0.15, -0.1) is 0 Å². The van der Waals surface area contributed by atoms with Gasteiger partial charge in [0.15, 0.2) is 11.5 Å². The molecule has 2 aliphatic rings. The number of methoxy groups -OCH3 is 1. The second kappa shape index (κ2) is 13.9. The molecule has 5 aromatic rings. The van der Waals surface area contributed by atoms with Gasteiger partial charge in [0.05, 0.1) is 18.3 Å². The number of benzene rings is 4. The van der Waals surface area contributed by atoms with Gasteiger partial charge in [-0.1, -0.05) is 48.5 Å². The van der Waals surface area contributed by atoms with Crippen LogP contribution in [-0.4, -0.2) is 83.5 Å². The topological polar surface area (TPSA) is 112 Å². The summed E-state index contributed by atoms with van der Waals surface area (Å²) in [6, 6.07) is 23.4. The molecule has 7 rings (SSSR count). The van der Waals surface area contributed by atoms with Gasteiger partial charge in [0.2, 0.25) is 0 Å². The van der Waals surface area contributed by atoms with Crippen LogP contribution in [0.1, 0.15) is 27.5 Å². The zero-order valence-corrected chi connectivity index (χ0v) is 27.2. The van der Waals surface area contributed by atoms with Crippen molar-refractivity contribution in [1.29, 1.82) is 0 Å². The molecule has 2 amide bonds. The standard InChI is InChI=1S/C37H36FN7O4/c1-43-14-16-44(17-15-43)23-49-33-19-28-31(20-32(33)48-2)39-22-40-35(28)42-30-13-12-26(18-29(30)38)41-36(46)34(24-8-4-3-5-9-24)45-21-25-10-6-7-11-27(25)37(45)47/h3-13,18-20,22,34H,14-17,21,23H2,1-2H3,(H,41,46)(H,39,40,42). The number of rotatable bonds is 10. The Bertz CT molecular complexity index is 2000. The number of hydrogen-bond donors (Lipinski definition) is 2. The number of likely N-dealkylation sites (N-methyl/N-ethyl adjacent to an activating group) is 1. The van der Waals surface area contributed by atoms with E-state index in [0.717, 1.165) is 31.7 Å². The highest BCUT2D eigenvalue weighted by molar-refractivity contribution is 6.04. The van der Waals surface area contributed by atoms with Crippen LogP contribution >= 0.6 is 0 Å². The average Bonchev–Trinajstić information content (AvgIpc) is 3.44. The van der Waals surface area contributed by atoms with E-state index in [1.165, 1.54) is 18.5 Å². The van der Waals surface area contributed by atoms with E-state index in [2.05, 4.69) is 37.4 Å². The number of carbonyl (C=O) groups is 2. The summed E-state index contributed by atoms with van der Waals surface area (Å²) in [5.41, 5.74) is 3.07. The lowest BCUT2D eigenvalue weighted by Crippen LogP contribution is -2.45. The molecule has 250 valence electrons. The molecule has 0 saturated carbocycles. The van der Waals surface area contributed by atoms with Crippen molar-refractivity contribution in [2.75, 3.05) is 57.7 Å². The minimum Gasteiger partial charge on any atom is -0.493 e. The highest BCUT2D eigenvalue weighted by Crippen LogP contribution is 2.36. The molecule has 1 saturated heterocycles. The predicted molar refractivity (Wildman–Crippen MR) is 184 cm³/mol. The van der Waals surface area contributed by atoms with E-state index in [1.54, 1.807) is 54.5 Å². The van der Waals surface area contributed by atoms with Gasteiger partial charge in [-0.05, 0) is 48.5 Å². The molecule has 0 radical (unpaired) electrons. The van der Waals surface area contributed by atoms with Crippen LogP contribution in [0.2, 0.25) is 0 Å². The summed E-state index contributed by atoms with van der Waals surface area (Å²) in [7, 11) is 3.68. The van der Waals surface area contributed by atoms with Crippen molar-refractivity contribution in [3.8, 4) is 11.5 Å². The Morgan fingerprint density at radius 3 is 2.47 bits per heavy atom. The summed E-state index contributed by atoms with van der Waals surface area (Å²) in [4.78, 5) is 42.0. The molecule has 2 N–H and O–H groups in total. The molecular weight excluding hydrogens is 625 g/mol. The Labute approximate surface area is 283 Å². The number of piperazine rings is 1. The number of nitrogens with zero attached hydrogens (tertiary/aromatic N) is 5. The third-order valence-corrected chi connectivity index (χ3v) is 8.93. The molecule has 1 aromatic heterocycles. The average molecular weight is 662 g/mol. The van der Waals surface area contributed by atoms with E-state index in [-0.39, 0.29) is 17.3 Å². The lowest BCUT2D eigenvalue weighted by molar-refractivity contribution is -0.120. The van der Waals surface area contributed by atoms with E-state index >= 15 is 4.39 Å². The molecule has 2 aliphatic heterocycles. The highest BCUT2D eigenvalue weighted by Gasteiger charge is 2.37. The Morgan fingerprint density at radius 2 is 1.71 bits per heavy atom. The van der Waals surface area contributed by atoms with Crippen molar-refractivity contribution < 1.29 is 23.5 Å². The van der Waals surface area contributed by atoms with Crippen molar-refractivity contribution in [3.05, 3.63) is 114 Å². The summed E-state index contributed by atoms with van der Waals surface area (Å²) in [6.45, 7) is 4.42. The first kappa shape index (κ1) is 32.0. The van der Waals surface area contributed by atoms with Crippen molar-refractivity contribution in [3.63, 3.8) is 0 Å². The van der Waals surface area contributed by atoms with Crippen molar-refractivity contribution in [2.45, 2.75) is 12.6 Å². The predicted octanol–water partition coefficient (Wildman–Crippen LogP) is 5.44. The minimum atomic E-state index is -0.918. The molecule has 11 nitrogen and oxygen atoms in total. The maximum atomic E-state index is 15.6. The summed E-state index contributed by atoms with van der Waals surface area (Å²) >= 11 is 0. The van der Waals surface area contributed by atoms with Gasteiger partial charge in [0, 0.05) is 55.4 Å². The van der Waals surface area contributed by atoms with Gasteiger partial charge in [0.25, 0.3) is 11.8 Å². The maximum Gasteiger partial charge on any atom is 0.255 e. The van der Waals surface area contributed by atoms with E-state index in [0.29, 0.717) is 52.6 Å². The van der Waals surface area contributed by atoms with Crippen LogP contribution in [0.4, 0.5) is 21.6 Å². The van der Waals surface area contributed by atoms with Crippen LogP contribution in [0, 0.1) is 5.82 Å². The fourth-order valence-electron chi connectivity index (χ4n) is 6.20. The van der Waals surface area contributed by atoms with Gasteiger partial charge < -0.3 is 29.9 Å². The zero-order chi connectivity index (χ0) is 33.9.